The van der Waals surface area contributed by atoms with E-state index in [9.17, 15) is 4.79 Å². The van der Waals surface area contributed by atoms with Gasteiger partial charge in [0.05, 0.1) is 6.04 Å². The van der Waals surface area contributed by atoms with E-state index in [4.69, 9.17) is 11.6 Å². The van der Waals surface area contributed by atoms with Gasteiger partial charge in [-0.2, -0.15) is 0 Å². The first-order valence-corrected chi connectivity index (χ1v) is 8.28. The molecule has 0 saturated carbocycles. The van der Waals surface area contributed by atoms with Gasteiger partial charge in [0, 0.05) is 23.1 Å². The van der Waals surface area contributed by atoms with E-state index >= 15 is 0 Å². The molecular formula is C20H17ClN2O. The Morgan fingerprint density at radius 3 is 2.17 bits per heavy atom. The van der Waals surface area contributed by atoms with E-state index in [1.165, 1.54) is 0 Å². The minimum atomic E-state index is -0.634. The fourth-order valence-corrected chi connectivity index (χ4v) is 3.66. The molecule has 0 radical (unpaired) electrons. The first kappa shape index (κ1) is 15.0. The minimum absolute atomic E-state index is 0.0697. The van der Waals surface area contributed by atoms with Gasteiger partial charge in [-0.25, -0.2) is 0 Å². The Labute approximate surface area is 146 Å². The molecule has 24 heavy (non-hydrogen) atoms. The number of carbonyl (C=O) groups excluding carboxylic acids is 1. The number of hydrogen-bond donors (Lipinski definition) is 0. The maximum Gasteiger partial charge on any atom is 0.256 e. The second-order valence-electron chi connectivity index (χ2n) is 6.20. The number of halogens is 1. The van der Waals surface area contributed by atoms with E-state index in [-0.39, 0.29) is 11.9 Å². The fourth-order valence-electron chi connectivity index (χ4n) is 3.54. The smallest absolute Gasteiger partial charge is 0.256 e. The highest BCUT2D eigenvalue weighted by atomic mass is 35.5. The van der Waals surface area contributed by atoms with Crippen molar-refractivity contribution >= 4 is 23.2 Å². The average molecular weight is 337 g/mol. The number of nitrogens with zero attached hydrogens (tertiary/aromatic N) is 2. The zero-order valence-electron chi connectivity index (χ0n) is 13.3. The lowest BCUT2D eigenvalue weighted by Gasteiger charge is -2.55. The van der Waals surface area contributed by atoms with Crippen LogP contribution in [0.1, 0.15) is 18.5 Å². The molecule has 1 fully saturated rings. The van der Waals surface area contributed by atoms with Crippen LogP contribution >= 0.6 is 11.6 Å². The highest BCUT2D eigenvalue weighted by Gasteiger charge is 2.59. The topological polar surface area (TPSA) is 25.2 Å². The Bertz CT molecular complexity index is 858. The van der Waals surface area contributed by atoms with Crippen LogP contribution < -0.4 is 4.90 Å². The van der Waals surface area contributed by atoms with E-state index in [0.29, 0.717) is 5.02 Å². The summed E-state index contributed by atoms with van der Waals surface area (Å²) in [6, 6.07) is 21.4. The summed E-state index contributed by atoms with van der Waals surface area (Å²) >= 11 is 6.00. The van der Waals surface area contributed by atoms with Crippen molar-refractivity contribution in [3.8, 4) is 0 Å². The SMILES string of the molecule is CC1(n2cccc2)C(=O)N(c2ccc(Cl)cc2)C1c1ccccc1. The maximum absolute atomic E-state index is 13.1. The molecule has 0 bridgehead atoms. The molecule has 2 unspecified atom stereocenters. The van der Waals surface area contributed by atoms with Crippen LogP contribution in [0, 0.1) is 0 Å². The van der Waals surface area contributed by atoms with Crippen molar-refractivity contribution in [3.63, 3.8) is 0 Å². The van der Waals surface area contributed by atoms with Crippen LogP contribution in [0.3, 0.4) is 0 Å². The number of carbonyl (C=O) groups is 1. The van der Waals surface area contributed by atoms with Crippen LogP contribution in [-0.4, -0.2) is 10.5 Å². The first-order valence-electron chi connectivity index (χ1n) is 7.90. The van der Waals surface area contributed by atoms with Crippen molar-refractivity contribution in [2.45, 2.75) is 18.5 Å². The molecule has 0 N–H and O–H groups in total. The van der Waals surface area contributed by atoms with Crippen molar-refractivity contribution in [3.05, 3.63) is 89.7 Å². The third-order valence-corrected chi connectivity index (χ3v) is 5.06. The lowest BCUT2D eigenvalue weighted by atomic mass is 9.75. The summed E-state index contributed by atoms with van der Waals surface area (Å²) in [5.74, 6) is 0.0786. The van der Waals surface area contributed by atoms with Gasteiger partial charge < -0.3 is 4.57 Å². The van der Waals surface area contributed by atoms with E-state index in [1.807, 2.05) is 83.4 Å². The van der Waals surface area contributed by atoms with Crippen molar-refractivity contribution in [2.75, 3.05) is 4.90 Å². The lowest BCUT2D eigenvalue weighted by molar-refractivity contribution is -0.137. The van der Waals surface area contributed by atoms with E-state index in [1.54, 1.807) is 0 Å². The van der Waals surface area contributed by atoms with Crippen molar-refractivity contribution in [2.24, 2.45) is 0 Å². The monoisotopic (exact) mass is 336 g/mol. The molecule has 2 heterocycles. The number of benzene rings is 2. The Morgan fingerprint density at radius 1 is 0.917 bits per heavy atom. The van der Waals surface area contributed by atoms with Gasteiger partial charge in [0.25, 0.3) is 5.91 Å². The molecule has 1 saturated heterocycles. The van der Waals surface area contributed by atoms with Gasteiger partial charge in [0.2, 0.25) is 0 Å². The van der Waals surface area contributed by atoms with Crippen LogP contribution in [-0.2, 0) is 10.3 Å². The molecule has 1 aromatic heterocycles. The number of hydrogen-bond acceptors (Lipinski definition) is 1. The molecule has 0 spiro atoms. The molecule has 120 valence electrons. The van der Waals surface area contributed by atoms with Crippen LogP contribution in [0.4, 0.5) is 5.69 Å². The second kappa shape index (κ2) is 5.53. The van der Waals surface area contributed by atoms with Crippen LogP contribution in [0.5, 0.6) is 0 Å². The Hall–Kier alpha value is -2.52. The largest absolute Gasteiger partial charge is 0.337 e. The molecule has 1 aliphatic heterocycles. The van der Waals surface area contributed by atoms with E-state index in [0.717, 1.165) is 11.3 Å². The van der Waals surface area contributed by atoms with Gasteiger partial charge in [-0.1, -0.05) is 41.9 Å². The van der Waals surface area contributed by atoms with Gasteiger partial charge in [-0.05, 0) is 48.9 Å². The quantitative estimate of drug-likeness (QED) is 0.639. The van der Waals surface area contributed by atoms with Crippen molar-refractivity contribution in [1.82, 2.24) is 4.57 Å². The zero-order valence-corrected chi connectivity index (χ0v) is 14.0. The van der Waals surface area contributed by atoms with E-state index < -0.39 is 5.54 Å². The molecule has 3 nitrogen and oxygen atoms in total. The molecule has 4 heteroatoms. The summed E-state index contributed by atoms with van der Waals surface area (Å²) in [7, 11) is 0. The molecule has 4 rings (SSSR count). The average Bonchev–Trinajstić information content (AvgIpc) is 3.15. The third kappa shape index (κ3) is 2.09. The standard InChI is InChI=1S/C20H17ClN2O/c1-20(22-13-5-6-14-22)18(15-7-3-2-4-8-15)23(19(20)24)17-11-9-16(21)10-12-17/h2-14,18H,1H3. The number of amides is 1. The van der Waals surface area contributed by atoms with E-state index in [2.05, 4.69) is 12.1 Å². The van der Waals surface area contributed by atoms with Gasteiger partial charge >= 0.3 is 0 Å². The summed E-state index contributed by atoms with van der Waals surface area (Å²) in [5.41, 5.74) is 1.34. The molecule has 3 aromatic rings. The van der Waals surface area contributed by atoms with Gasteiger partial charge in [0.15, 0.2) is 0 Å². The molecular weight excluding hydrogens is 320 g/mol. The highest BCUT2D eigenvalue weighted by Crippen LogP contribution is 2.50. The fraction of sp³-hybridized carbons (Fsp3) is 0.150. The Kier molecular flexibility index (Phi) is 3.47. The Balaban J connectivity index is 1.83. The predicted octanol–water partition coefficient (Wildman–Crippen LogP) is 4.64. The maximum atomic E-state index is 13.1. The van der Waals surface area contributed by atoms with Gasteiger partial charge in [0.1, 0.15) is 5.54 Å². The minimum Gasteiger partial charge on any atom is -0.337 e. The van der Waals surface area contributed by atoms with Crippen LogP contribution in [0.15, 0.2) is 79.1 Å². The molecule has 0 aliphatic carbocycles. The first-order chi connectivity index (χ1) is 11.6. The number of anilines is 1. The predicted molar refractivity (Wildman–Crippen MR) is 96.2 cm³/mol. The summed E-state index contributed by atoms with van der Waals surface area (Å²) in [4.78, 5) is 15.0. The number of rotatable bonds is 3. The van der Waals surface area contributed by atoms with Gasteiger partial charge in [-0.15, -0.1) is 0 Å². The van der Waals surface area contributed by atoms with Crippen LogP contribution in [0.25, 0.3) is 0 Å². The third-order valence-electron chi connectivity index (χ3n) is 4.80. The second-order valence-corrected chi connectivity index (χ2v) is 6.64. The summed E-state index contributed by atoms with van der Waals surface area (Å²) in [6.07, 6.45) is 3.90. The van der Waals surface area contributed by atoms with Gasteiger partial charge in [-0.3, -0.25) is 9.69 Å². The summed E-state index contributed by atoms with van der Waals surface area (Å²) in [5, 5.41) is 0.663. The molecule has 1 aliphatic rings. The summed E-state index contributed by atoms with van der Waals surface area (Å²) < 4.78 is 2.00. The summed E-state index contributed by atoms with van der Waals surface area (Å²) in [6.45, 7) is 2.00. The van der Waals surface area contributed by atoms with Crippen molar-refractivity contribution in [1.29, 1.82) is 0 Å². The highest BCUT2D eigenvalue weighted by molar-refractivity contribution is 6.30. The molecule has 2 atom stereocenters. The molecule has 2 aromatic carbocycles. The number of aromatic nitrogens is 1. The van der Waals surface area contributed by atoms with Crippen LogP contribution in [0.2, 0.25) is 5.02 Å². The molecule has 1 amide bonds. The van der Waals surface area contributed by atoms with Crippen molar-refractivity contribution < 1.29 is 4.79 Å². The Morgan fingerprint density at radius 2 is 1.54 bits per heavy atom. The lowest BCUT2D eigenvalue weighted by Crippen LogP contribution is -2.67. The normalized spacial score (nSPS) is 23.2. The zero-order chi connectivity index (χ0) is 16.7. The number of β-lactam (4-membered cyclic amide) rings is 1.